The minimum Gasteiger partial charge on any atom is -0.371 e. The van der Waals surface area contributed by atoms with Gasteiger partial charge in [0.15, 0.2) is 11.5 Å². The first-order valence-corrected chi connectivity index (χ1v) is 10.8. The van der Waals surface area contributed by atoms with Crippen LogP contribution in [0.2, 0.25) is 0 Å². The summed E-state index contributed by atoms with van der Waals surface area (Å²) in [5.74, 6) is 0.684. The van der Waals surface area contributed by atoms with Gasteiger partial charge in [-0.05, 0) is 43.2 Å². The van der Waals surface area contributed by atoms with Crippen molar-refractivity contribution >= 4 is 33.7 Å². The van der Waals surface area contributed by atoms with E-state index in [0.717, 1.165) is 52.3 Å². The lowest BCUT2D eigenvalue weighted by Crippen LogP contribution is -2.34. The van der Waals surface area contributed by atoms with Crippen molar-refractivity contribution in [3.63, 3.8) is 0 Å². The highest BCUT2D eigenvalue weighted by atomic mass is 19.1. The van der Waals surface area contributed by atoms with Gasteiger partial charge in [0.2, 0.25) is 0 Å². The van der Waals surface area contributed by atoms with E-state index in [2.05, 4.69) is 37.5 Å². The fourth-order valence-electron chi connectivity index (χ4n) is 4.25. The van der Waals surface area contributed by atoms with Gasteiger partial charge in [-0.1, -0.05) is 12.1 Å². The first kappa shape index (κ1) is 18.8. The Bertz CT molecular complexity index is 1380. The van der Waals surface area contributed by atoms with Gasteiger partial charge in [-0.3, -0.25) is 5.10 Å². The minimum atomic E-state index is -0.670. The third-order valence-electron chi connectivity index (χ3n) is 6.03. The monoisotopic (exact) mass is 427 g/mol. The molecule has 0 radical (unpaired) electrons. The zero-order chi connectivity index (χ0) is 21.5. The van der Waals surface area contributed by atoms with Gasteiger partial charge in [-0.2, -0.15) is 5.10 Å². The summed E-state index contributed by atoms with van der Waals surface area (Å²) in [6, 6.07) is 14.3. The number of aromatic nitrogens is 5. The Kier molecular flexibility index (Phi) is 4.49. The summed E-state index contributed by atoms with van der Waals surface area (Å²) in [4.78, 5) is 11.6. The second kappa shape index (κ2) is 7.64. The second-order valence-corrected chi connectivity index (χ2v) is 8.14. The minimum absolute atomic E-state index is 0.596. The van der Waals surface area contributed by atoms with Crippen LogP contribution in [0.15, 0.2) is 67.3 Å². The van der Waals surface area contributed by atoms with Crippen molar-refractivity contribution in [3.8, 4) is 11.3 Å². The van der Waals surface area contributed by atoms with Crippen LogP contribution in [-0.2, 0) is 0 Å². The highest BCUT2D eigenvalue weighted by Crippen LogP contribution is 2.28. The number of benzene rings is 2. The van der Waals surface area contributed by atoms with Crippen molar-refractivity contribution < 1.29 is 4.39 Å². The van der Waals surface area contributed by atoms with Gasteiger partial charge in [0.25, 0.3) is 0 Å². The Balaban J connectivity index is 1.31. The third kappa shape index (κ3) is 3.43. The standard InChI is InChI=1S/C24H22FN7/c25-18-7-10-31(11-8-18)20-5-3-19(4-6-20)28-23-24-26-9-12-32(24)15-22(29-23)16-1-2-17-14-27-30-21(17)13-16/h1-6,9,12-15,18H,7-8,10-11H2,(H,27,30)(H,28,29). The lowest BCUT2D eigenvalue weighted by atomic mass is 10.1. The number of alkyl halides is 1. The van der Waals surface area contributed by atoms with E-state index in [4.69, 9.17) is 4.98 Å². The summed E-state index contributed by atoms with van der Waals surface area (Å²) in [5.41, 5.74) is 5.59. The van der Waals surface area contributed by atoms with Gasteiger partial charge >= 0.3 is 0 Å². The molecule has 0 atom stereocenters. The lowest BCUT2D eigenvalue weighted by molar-refractivity contribution is 0.277. The smallest absolute Gasteiger partial charge is 0.180 e. The molecule has 0 amide bonds. The molecule has 7 nitrogen and oxygen atoms in total. The molecule has 0 bridgehead atoms. The summed E-state index contributed by atoms with van der Waals surface area (Å²) in [5, 5.41) is 11.6. The number of imidazole rings is 1. The summed E-state index contributed by atoms with van der Waals surface area (Å²) in [6.45, 7) is 1.51. The number of halogens is 1. The molecule has 2 aromatic carbocycles. The van der Waals surface area contributed by atoms with Crippen molar-refractivity contribution in [1.29, 1.82) is 0 Å². The molecule has 1 aliphatic rings. The Morgan fingerprint density at radius 3 is 2.75 bits per heavy atom. The van der Waals surface area contributed by atoms with E-state index >= 15 is 0 Å². The molecule has 3 aromatic heterocycles. The molecule has 0 aliphatic carbocycles. The third-order valence-corrected chi connectivity index (χ3v) is 6.03. The first-order valence-electron chi connectivity index (χ1n) is 10.8. The molecule has 32 heavy (non-hydrogen) atoms. The number of H-pyrrole nitrogens is 1. The number of hydrogen-bond acceptors (Lipinski definition) is 5. The molecule has 0 saturated carbocycles. The molecule has 1 aliphatic heterocycles. The van der Waals surface area contributed by atoms with Crippen LogP contribution < -0.4 is 10.2 Å². The van der Waals surface area contributed by atoms with Crippen LogP contribution in [0, 0.1) is 0 Å². The lowest BCUT2D eigenvalue weighted by Gasteiger charge is -2.30. The van der Waals surface area contributed by atoms with Crippen molar-refractivity contribution in [2.24, 2.45) is 0 Å². The van der Waals surface area contributed by atoms with Gasteiger partial charge in [-0.15, -0.1) is 0 Å². The van der Waals surface area contributed by atoms with Gasteiger partial charge in [0.1, 0.15) is 6.17 Å². The molecular weight excluding hydrogens is 405 g/mol. The number of fused-ring (bicyclic) bond motifs is 2. The molecule has 6 rings (SSSR count). The largest absolute Gasteiger partial charge is 0.371 e. The number of nitrogens with zero attached hydrogens (tertiary/aromatic N) is 5. The molecule has 160 valence electrons. The van der Waals surface area contributed by atoms with E-state index < -0.39 is 6.17 Å². The van der Waals surface area contributed by atoms with Crippen molar-refractivity contribution in [1.82, 2.24) is 24.6 Å². The van der Waals surface area contributed by atoms with Crippen LogP contribution >= 0.6 is 0 Å². The fourth-order valence-corrected chi connectivity index (χ4v) is 4.25. The zero-order valence-electron chi connectivity index (χ0n) is 17.4. The molecule has 2 N–H and O–H groups in total. The van der Waals surface area contributed by atoms with E-state index in [-0.39, 0.29) is 0 Å². The summed E-state index contributed by atoms with van der Waals surface area (Å²) in [7, 11) is 0. The normalized spacial score (nSPS) is 15.0. The Morgan fingerprint density at radius 1 is 1.06 bits per heavy atom. The second-order valence-electron chi connectivity index (χ2n) is 8.14. The van der Waals surface area contributed by atoms with Crippen LogP contribution in [0.1, 0.15) is 12.8 Å². The summed E-state index contributed by atoms with van der Waals surface area (Å²) >= 11 is 0. The molecule has 0 unspecified atom stereocenters. The topological polar surface area (TPSA) is 74.1 Å². The predicted octanol–water partition coefficient (Wildman–Crippen LogP) is 4.95. The molecule has 1 fully saturated rings. The van der Waals surface area contributed by atoms with E-state index in [0.29, 0.717) is 18.7 Å². The van der Waals surface area contributed by atoms with Gasteiger partial charge in [-0.25, -0.2) is 14.4 Å². The maximum Gasteiger partial charge on any atom is 0.180 e. The van der Waals surface area contributed by atoms with E-state index in [1.165, 1.54) is 0 Å². The highest BCUT2D eigenvalue weighted by Gasteiger charge is 2.18. The predicted molar refractivity (Wildman–Crippen MR) is 124 cm³/mol. The molecule has 1 saturated heterocycles. The fraction of sp³-hybridized carbons (Fsp3) is 0.208. The zero-order valence-corrected chi connectivity index (χ0v) is 17.4. The number of piperidine rings is 1. The number of nitrogens with one attached hydrogen (secondary N) is 2. The number of anilines is 3. The average Bonchev–Trinajstić information content (AvgIpc) is 3.49. The van der Waals surface area contributed by atoms with E-state index in [1.54, 1.807) is 6.20 Å². The van der Waals surface area contributed by atoms with Crippen molar-refractivity contribution in [3.05, 3.63) is 67.3 Å². The van der Waals surface area contributed by atoms with Crippen LogP contribution in [0.3, 0.4) is 0 Å². The molecule has 8 heteroatoms. The molecule has 4 heterocycles. The van der Waals surface area contributed by atoms with Crippen LogP contribution in [-0.4, -0.2) is 43.8 Å². The Morgan fingerprint density at radius 2 is 1.91 bits per heavy atom. The van der Waals surface area contributed by atoms with Crippen LogP contribution in [0.5, 0.6) is 0 Å². The summed E-state index contributed by atoms with van der Waals surface area (Å²) < 4.78 is 15.4. The van der Waals surface area contributed by atoms with Crippen LogP contribution in [0.25, 0.3) is 27.8 Å². The molecule has 0 spiro atoms. The van der Waals surface area contributed by atoms with Gasteiger partial charge in [0.05, 0.1) is 17.4 Å². The number of aromatic amines is 1. The maximum atomic E-state index is 13.4. The van der Waals surface area contributed by atoms with Gasteiger partial charge < -0.3 is 14.6 Å². The Hall–Kier alpha value is -3.94. The average molecular weight is 427 g/mol. The maximum absolute atomic E-state index is 13.4. The molecule has 5 aromatic rings. The molecular formula is C24H22FN7. The van der Waals surface area contributed by atoms with E-state index in [9.17, 15) is 4.39 Å². The Labute approximate surface area is 183 Å². The van der Waals surface area contributed by atoms with E-state index in [1.807, 2.05) is 53.3 Å². The first-order chi connectivity index (χ1) is 15.7. The van der Waals surface area contributed by atoms with Crippen LogP contribution in [0.4, 0.5) is 21.6 Å². The summed E-state index contributed by atoms with van der Waals surface area (Å²) in [6.07, 6.45) is 7.99. The quantitative estimate of drug-likeness (QED) is 0.424. The SMILES string of the molecule is FC1CCN(c2ccc(Nc3nc(-c4ccc5cn[nH]c5c4)cn4ccnc34)cc2)CC1. The highest BCUT2D eigenvalue weighted by molar-refractivity contribution is 5.84. The van der Waals surface area contributed by atoms with Gasteiger partial charge in [0, 0.05) is 54.0 Å². The number of rotatable bonds is 4. The number of hydrogen-bond donors (Lipinski definition) is 2. The van der Waals surface area contributed by atoms with Crippen molar-refractivity contribution in [2.75, 3.05) is 23.3 Å². The van der Waals surface area contributed by atoms with Crippen molar-refractivity contribution in [2.45, 2.75) is 19.0 Å².